The highest BCUT2D eigenvalue weighted by Gasteiger charge is 2.31. The zero-order valence-corrected chi connectivity index (χ0v) is 10.4. The molecule has 96 valence electrons. The number of hydrogen-bond acceptors (Lipinski definition) is 3. The van der Waals surface area contributed by atoms with Crippen LogP contribution < -0.4 is 5.73 Å². The Bertz CT molecular complexity index is 561. The maximum Gasteiger partial charge on any atom is 0.416 e. The molecule has 0 fully saturated rings. The average molecular weight is 272 g/mol. The summed E-state index contributed by atoms with van der Waals surface area (Å²) >= 11 is 1.44. The maximum atomic E-state index is 12.5. The summed E-state index contributed by atoms with van der Waals surface area (Å²) in [5.41, 5.74) is 5.58. The number of hydrogen-bond donors (Lipinski definition) is 1. The summed E-state index contributed by atoms with van der Waals surface area (Å²) in [7, 11) is 0. The standard InChI is InChI=1S/C12H11F3N2S/c1-2-8-6-17-11(18-8)9-4-3-7(5-10(9)16)12(13,14)15/h3-6H,2,16H2,1H3. The van der Waals surface area contributed by atoms with E-state index in [9.17, 15) is 13.2 Å². The molecule has 1 aromatic heterocycles. The van der Waals surface area contributed by atoms with E-state index in [0.717, 1.165) is 23.4 Å². The molecule has 1 aromatic carbocycles. The van der Waals surface area contributed by atoms with Gasteiger partial charge in [0.15, 0.2) is 0 Å². The Morgan fingerprint density at radius 2 is 2.06 bits per heavy atom. The van der Waals surface area contributed by atoms with Crippen LogP contribution in [0.3, 0.4) is 0 Å². The lowest BCUT2D eigenvalue weighted by atomic mass is 10.1. The molecule has 2 nitrogen and oxygen atoms in total. The molecule has 0 aliphatic rings. The summed E-state index contributed by atoms with van der Waals surface area (Å²) in [6, 6.07) is 3.34. The molecule has 0 aliphatic heterocycles. The first-order valence-corrected chi connectivity index (χ1v) is 6.15. The zero-order valence-electron chi connectivity index (χ0n) is 9.58. The Balaban J connectivity index is 2.41. The molecule has 0 saturated heterocycles. The van der Waals surface area contributed by atoms with Crippen molar-refractivity contribution >= 4 is 17.0 Å². The summed E-state index contributed by atoms with van der Waals surface area (Å²) in [4.78, 5) is 5.24. The minimum absolute atomic E-state index is 0.0989. The monoisotopic (exact) mass is 272 g/mol. The van der Waals surface area contributed by atoms with Crippen molar-refractivity contribution in [1.29, 1.82) is 0 Å². The van der Waals surface area contributed by atoms with Crippen LogP contribution in [0.25, 0.3) is 10.6 Å². The van der Waals surface area contributed by atoms with E-state index in [4.69, 9.17) is 5.73 Å². The molecule has 0 unspecified atom stereocenters. The van der Waals surface area contributed by atoms with E-state index in [1.54, 1.807) is 6.20 Å². The van der Waals surface area contributed by atoms with Crippen LogP contribution in [0.4, 0.5) is 18.9 Å². The van der Waals surface area contributed by atoms with Crippen LogP contribution >= 0.6 is 11.3 Å². The Hall–Kier alpha value is -1.56. The van der Waals surface area contributed by atoms with Gasteiger partial charge in [-0.3, -0.25) is 0 Å². The molecule has 0 bridgehead atoms. The molecule has 2 rings (SSSR count). The number of nitrogens with two attached hydrogens (primary N) is 1. The summed E-state index contributed by atoms with van der Waals surface area (Å²) in [6.45, 7) is 1.99. The van der Waals surface area contributed by atoms with Crippen molar-refractivity contribution in [3.05, 3.63) is 34.8 Å². The second-order valence-corrected chi connectivity index (χ2v) is 4.90. The number of halogens is 3. The van der Waals surface area contributed by atoms with E-state index in [1.165, 1.54) is 17.4 Å². The molecule has 0 radical (unpaired) electrons. The number of benzene rings is 1. The van der Waals surface area contributed by atoms with Crippen LogP contribution in [0.15, 0.2) is 24.4 Å². The molecule has 0 spiro atoms. The van der Waals surface area contributed by atoms with Crippen LogP contribution in [0.2, 0.25) is 0 Å². The van der Waals surface area contributed by atoms with Gasteiger partial charge in [0, 0.05) is 22.3 Å². The number of nitrogens with zero attached hydrogens (tertiary/aromatic N) is 1. The van der Waals surface area contributed by atoms with Gasteiger partial charge >= 0.3 is 6.18 Å². The van der Waals surface area contributed by atoms with Gasteiger partial charge in [0.2, 0.25) is 0 Å². The van der Waals surface area contributed by atoms with Crippen molar-refractivity contribution in [2.45, 2.75) is 19.5 Å². The van der Waals surface area contributed by atoms with E-state index < -0.39 is 11.7 Å². The quantitative estimate of drug-likeness (QED) is 0.840. The van der Waals surface area contributed by atoms with E-state index in [1.807, 2.05) is 6.92 Å². The molecule has 1 heterocycles. The second kappa shape index (κ2) is 4.61. The number of alkyl halides is 3. The number of aromatic nitrogens is 1. The van der Waals surface area contributed by atoms with Gasteiger partial charge in [0.05, 0.1) is 5.56 Å². The lowest BCUT2D eigenvalue weighted by molar-refractivity contribution is -0.137. The normalized spacial score (nSPS) is 11.8. The van der Waals surface area contributed by atoms with E-state index in [2.05, 4.69) is 4.98 Å². The number of nitrogen functional groups attached to an aromatic ring is 1. The van der Waals surface area contributed by atoms with Gasteiger partial charge in [-0.05, 0) is 24.6 Å². The third-order valence-electron chi connectivity index (χ3n) is 2.51. The highest BCUT2D eigenvalue weighted by Crippen LogP contribution is 2.35. The molecule has 2 aromatic rings. The number of aryl methyl sites for hydroxylation is 1. The number of anilines is 1. The van der Waals surface area contributed by atoms with Gasteiger partial charge in [-0.15, -0.1) is 11.3 Å². The molecule has 6 heteroatoms. The fraction of sp³-hybridized carbons (Fsp3) is 0.250. The van der Waals surface area contributed by atoms with Gasteiger partial charge in [-0.1, -0.05) is 6.92 Å². The Morgan fingerprint density at radius 3 is 2.56 bits per heavy atom. The van der Waals surface area contributed by atoms with Crippen molar-refractivity contribution in [2.75, 3.05) is 5.73 Å². The molecular weight excluding hydrogens is 261 g/mol. The molecule has 0 aliphatic carbocycles. The topological polar surface area (TPSA) is 38.9 Å². The van der Waals surface area contributed by atoms with Crippen molar-refractivity contribution in [2.24, 2.45) is 0 Å². The lowest BCUT2D eigenvalue weighted by Crippen LogP contribution is -2.05. The van der Waals surface area contributed by atoms with Gasteiger partial charge in [0.25, 0.3) is 0 Å². The Kier molecular flexibility index (Phi) is 3.30. The highest BCUT2D eigenvalue weighted by atomic mass is 32.1. The van der Waals surface area contributed by atoms with E-state index in [-0.39, 0.29) is 5.69 Å². The van der Waals surface area contributed by atoms with Crippen molar-refractivity contribution in [1.82, 2.24) is 4.98 Å². The summed E-state index contributed by atoms with van der Waals surface area (Å²) in [6.07, 6.45) is -1.81. The first-order valence-electron chi connectivity index (χ1n) is 5.33. The van der Waals surface area contributed by atoms with Gasteiger partial charge in [-0.25, -0.2) is 4.98 Å². The number of thiazole rings is 1. The highest BCUT2D eigenvalue weighted by molar-refractivity contribution is 7.15. The Morgan fingerprint density at radius 1 is 1.33 bits per heavy atom. The molecule has 0 amide bonds. The van der Waals surface area contributed by atoms with Crippen molar-refractivity contribution in [3.8, 4) is 10.6 Å². The van der Waals surface area contributed by atoms with Crippen molar-refractivity contribution in [3.63, 3.8) is 0 Å². The van der Waals surface area contributed by atoms with Gasteiger partial charge < -0.3 is 5.73 Å². The van der Waals surface area contributed by atoms with Crippen LogP contribution in [0.5, 0.6) is 0 Å². The SMILES string of the molecule is CCc1cnc(-c2ccc(C(F)(F)F)cc2N)s1. The van der Waals surface area contributed by atoms with E-state index >= 15 is 0 Å². The third kappa shape index (κ3) is 2.48. The van der Waals surface area contributed by atoms with Crippen LogP contribution in [0, 0.1) is 0 Å². The van der Waals surface area contributed by atoms with Crippen LogP contribution in [-0.4, -0.2) is 4.98 Å². The van der Waals surface area contributed by atoms with Gasteiger partial charge in [0.1, 0.15) is 5.01 Å². The maximum absolute atomic E-state index is 12.5. The predicted octanol–water partition coefficient (Wildman–Crippen LogP) is 3.97. The summed E-state index contributed by atoms with van der Waals surface area (Å²) in [5, 5.41) is 0.651. The minimum atomic E-state index is -4.37. The molecule has 0 atom stereocenters. The molecule has 2 N–H and O–H groups in total. The van der Waals surface area contributed by atoms with Gasteiger partial charge in [-0.2, -0.15) is 13.2 Å². The van der Waals surface area contributed by atoms with Crippen LogP contribution in [-0.2, 0) is 12.6 Å². The van der Waals surface area contributed by atoms with Crippen LogP contribution in [0.1, 0.15) is 17.4 Å². The molecule has 0 saturated carbocycles. The summed E-state index contributed by atoms with van der Waals surface area (Å²) in [5.74, 6) is 0. The fourth-order valence-corrected chi connectivity index (χ4v) is 2.43. The minimum Gasteiger partial charge on any atom is -0.398 e. The number of rotatable bonds is 2. The van der Waals surface area contributed by atoms with Crippen molar-refractivity contribution < 1.29 is 13.2 Å². The third-order valence-corrected chi connectivity index (χ3v) is 3.69. The smallest absolute Gasteiger partial charge is 0.398 e. The first kappa shape index (κ1) is 12.9. The Labute approximate surface area is 106 Å². The van der Waals surface area contributed by atoms with E-state index in [0.29, 0.717) is 10.6 Å². The largest absolute Gasteiger partial charge is 0.416 e. The predicted molar refractivity (Wildman–Crippen MR) is 66.3 cm³/mol. The molecule has 18 heavy (non-hydrogen) atoms. The zero-order chi connectivity index (χ0) is 13.3. The molecular formula is C12H11F3N2S. The lowest BCUT2D eigenvalue weighted by Gasteiger charge is -2.09. The summed E-state index contributed by atoms with van der Waals surface area (Å²) < 4.78 is 37.5. The fourth-order valence-electron chi connectivity index (χ4n) is 1.53. The first-order chi connectivity index (χ1) is 8.41. The average Bonchev–Trinajstić information content (AvgIpc) is 2.76. The second-order valence-electron chi connectivity index (χ2n) is 3.79.